The molecule has 1 aromatic carbocycles. The van der Waals surface area contributed by atoms with E-state index in [0.717, 1.165) is 4.90 Å². The highest BCUT2D eigenvalue weighted by Crippen LogP contribution is 2.22. The van der Waals surface area contributed by atoms with Crippen LogP contribution < -0.4 is 5.73 Å². The van der Waals surface area contributed by atoms with Crippen molar-refractivity contribution in [2.75, 3.05) is 5.73 Å². The fraction of sp³-hybridized carbons (Fsp3) is 0.111. The summed E-state index contributed by atoms with van der Waals surface area (Å²) in [5.41, 5.74) is 5.26. The summed E-state index contributed by atoms with van der Waals surface area (Å²) in [6.45, 7) is 0. The fourth-order valence-corrected chi connectivity index (χ4v) is 1.81. The van der Waals surface area contributed by atoms with E-state index >= 15 is 0 Å². The number of nitrogens with zero attached hydrogens (tertiary/aromatic N) is 2. The van der Waals surface area contributed by atoms with Crippen LogP contribution in [0.2, 0.25) is 0 Å². The SMILES string of the molecule is Nc1nc(CSc2cccc(F)c2)no1. The molecule has 0 amide bonds. The summed E-state index contributed by atoms with van der Waals surface area (Å²) in [6.07, 6.45) is 0. The van der Waals surface area contributed by atoms with Crippen LogP contribution in [0.4, 0.5) is 10.4 Å². The van der Waals surface area contributed by atoms with Gasteiger partial charge in [-0.1, -0.05) is 11.2 Å². The summed E-state index contributed by atoms with van der Waals surface area (Å²) in [4.78, 5) is 4.65. The summed E-state index contributed by atoms with van der Waals surface area (Å²) in [7, 11) is 0. The summed E-state index contributed by atoms with van der Waals surface area (Å²) >= 11 is 1.42. The lowest BCUT2D eigenvalue weighted by atomic mass is 10.4. The zero-order valence-corrected chi connectivity index (χ0v) is 8.50. The van der Waals surface area contributed by atoms with Crippen LogP contribution in [-0.2, 0) is 5.75 Å². The Hall–Kier alpha value is -1.56. The molecule has 0 aliphatic heterocycles. The number of benzene rings is 1. The van der Waals surface area contributed by atoms with Crippen molar-refractivity contribution in [1.29, 1.82) is 0 Å². The van der Waals surface area contributed by atoms with Gasteiger partial charge in [0, 0.05) is 4.90 Å². The third-order valence-corrected chi connectivity index (χ3v) is 2.64. The second kappa shape index (κ2) is 4.31. The Morgan fingerprint density at radius 2 is 2.33 bits per heavy atom. The standard InChI is InChI=1S/C9H8FN3OS/c10-6-2-1-3-7(4-6)15-5-8-12-9(11)14-13-8/h1-4H,5H2,(H2,11,12,13). The van der Waals surface area contributed by atoms with E-state index in [4.69, 9.17) is 5.73 Å². The lowest BCUT2D eigenvalue weighted by Crippen LogP contribution is -1.86. The summed E-state index contributed by atoms with van der Waals surface area (Å²) in [5.74, 6) is 0.749. The number of anilines is 1. The van der Waals surface area contributed by atoms with Gasteiger partial charge in [0.1, 0.15) is 5.82 Å². The van der Waals surface area contributed by atoms with Gasteiger partial charge >= 0.3 is 6.01 Å². The van der Waals surface area contributed by atoms with Gasteiger partial charge in [0.05, 0.1) is 5.75 Å². The zero-order valence-electron chi connectivity index (χ0n) is 7.68. The van der Waals surface area contributed by atoms with Gasteiger partial charge < -0.3 is 10.3 Å². The molecule has 0 spiro atoms. The quantitative estimate of drug-likeness (QED) is 0.810. The topological polar surface area (TPSA) is 64.9 Å². The predicted molar refractivity (Wildman–Crippen MR) is 54.7 cm³/mol. The van der Waals surface area contributed by atoms with Crippen LogP contribution in [0.1, 0.15) is 5.82 Å². The molecule has 2 aromatic rings. The second-order valence-corrected chi connectivity index (χ2v) is 3.84. The van der Waals surface area contributed by atoms with E-state index < -0.39 is 0 Å². The minimum atomic E-state index is -0.257. The Morgan fingerprint density at radius 3 is 3.00 bits per heavy atom. The maximum Gasteiger partial charge on any atom is 0.318 e. The molecule has 6 heteroatoms. The molecular formula is C9H8FN3OS. The van der Waals surface area contributed by atoms with Gasteiger partial charge in [-0.15, -0.1) is 11.8 Å². The Balaban J connectivity index is 1.99. The van der Waals surface area contributed by atoms with Gasteiger partial charge in [0.15, 0.2) is 5.82 Å². The van der Waals surface area contributed by atoms with Crippen LogP contribution in [-0.4, -0.2) is 10.1 Å². The van der Waals surface area contributed by atoms with Gasteiger partial charge in [-0.3, -0.25) is 0 Å². The van der Waals surface area contributed by atoms with Crippen LogP contribution in [0.25, 0.3) is 0 Å². The zero-order chi connectivity index (χ0) is 10.7. The van der Waals surface area contributed by atoms with E-state index in [1.54, 1.807) is 6.07 Å². The first-order chi connectivity index (χ1) is 7.24. The van der Waals surface area contributed by atoms with Crippen LogP contribution in [0.3, 0.4) is 0 Å². The number of aromatic nitrogens is 2. The molecule has 0 unspecified atom stereocenters. The molecule has 0 aliphatic carbocycles. The van der Waals surface area contributed by atoms with Crippen molar-refractivity contribution in [1.82, 2.24) is 10.1 Å². The molecule has 0 atom stereocenters. The van der Waals surface area contributed by atoms with Gasteiger partial charge in [-0.05, 0) is 18.2 Å². The highest BCUT2D eigenvalue weighted by molar-refractivity contribution is 7.98. The molecule has 0 fully saturated rings. The second-order valence-electron chi connectivity index (χ2n) is 2.79. The van der Waals surface area contributed by atoms with Crippen LogP contribution >= 0.6 is 11.8 Å². The van der Waals surface area contributed by atoms with Crippen molar-refractivity contribution in [3.63, 3.8) is 0 Å². The minimum absolute atomic E-state index is 0.0462. The van der Waals surface area contributed by atoms with E-state index in [-0.39, 0.29) is 11.8 Å². The molecule has 0 radical (unpaired) electrons. The average Bonchev–Trinajstić information content (AvgIpc) is 2.62. The predicted octanol–water partition coefficient (Wildman–Crippen LogP) is 2.08. The first kappa shape index (κ1) is 9.97. The molecule has 78 valence electrons. The summed E-state index contributed by atoms with van der Waals surface area (Å²) in [6, 6.07) is 6.37. The smallest absolute Gasteiger partial charge is 0.318 e. The van der Waals surface area contributed by atoms with E-state index in [0.29, 0.717) is 11.6 Å². The third-order valence-electron chi connectivity index (χ3n) is 1.65. The number of nitrogens with two attached hydrogens (primary N) is 1. The Labute approximate surface area is 89.7 Å². The maximum absolute atomic E-state index is 12.8. The third kappa shape index (κ3) is 2.69. The van der Waals surface area contributed by atoms with Crippen molar-refractivity contribution >= 4 is 17.8 Å². The van der Waals surface area contributed by atoms with E-state index in [2.05, 4.69) is 14.7 Å². The number of hydrogen-bond donors (Lipinski definition) is 1. The van der Waals surface area contributed by atoms with Crippen molar-refractivity contribution < 1.29 is 8.91 Å². The summed E-state index contributed by atoms with van der Waals surface area (Å²) in [5, 5.41) is 3.63. The van der Waals surface area contributed by atoms with Crippen molar-refractivity contribution in [3.8, 4) is 0 Å². The van der Waals surface area contributed by atoms with Crippen molar-refractivity contribution in [2.45, 2.75) is 10.6 Å². The average molecular weight is 225 g/mol. The molecule has 0 aliphatic rings. The largest absolute Gasteiger partial charge is 0.351 e. The highest BCUT2D eigenvalue weighted by Gasteiger charge is 2.03. The molecule has 0 saturated heterocycles. The molecule has 1 heterocycles. The maximum atomic E-state index is 12.8. The van der Waals surface area contributed by atoms with Crippen LogP contribution in [0.15, 0.2) is 33.7 Å². The number of thioether (sulfide) groups is 1. The van der Waals surface area contributed by atoms with Crippen LogP contribution in [0, 0.1) is 5.82 Å². The number of rotatable bonds is 3. The van der Waals surface area contributed by atoms with Crippen molar-refractivity contribution in [3.05, 3.63) is 35.9 Å². The fourth-order valence-electron chi connectivity index (χ4n) is 1.03. The first-order valence-corrected chi connectivity index (χ1v) is 5.19. The molecule has 1 aromatic heterocycles. The Morgan fingerprint density at radius 1 is 1.47 bits per heavy atom. The lowest BCUT2D eigenvalue weighted by molar-refractivity contribution is 0.429. The molecule has 2 rings (SSSR count). The van der Waals surface area contributed by atoms with Gasteiger partial charge in [-0.2, -0.15) is 4.98 Å². The first-order valence-electron chi connectivity index (χ1n) is 4.20. The summed E-state index contributed by atoms with van der Waals surface area (Å²) < 4.78 is 17.4. The lowest BCUT2D eigenvalue weighted by Gasteiger charge is -1.97. The molecule has 4 nitrogen and oxygen atoms in total. The highest BCUT2D eigenvalue weighted by atomic mass is 32.2. The monoisotopic (exact) mass is 225 g/mol. The molecule has 0 bridgehead atoms. The molecule has 15 heavy (non-hydrogen) atoms. The number of halogens is 1. The van der Waals surface area contributed by atoms with Gasteiger partial charge in [-0.25, -0.2) is 4.39 Å². The van der Waals surface area contributed by atoms with E-state index in [1.807, 2.05) is 6.07 Å². The molecule has 2 N–H and O–H groups in total. The van der Waals surface area contributed by atoms with Crippen molar-refractivity contribution in [2.24, 2.45) is 0 Å². The number of hydrogen-bond acceptors (Lipinski definition) is 5. The van der Waals surface area contributed by atoms with E-state index in [9.17, 15) is 4.39 Å². The Bertz CT molecular complexity index is 460. The Kier molecular flexibility index (Phi) is 2.86. The van der Waals surface area contributed by atoms with Gasteiger partial charge in [0.2, 0.25) is 0 Å². The molecular weight excluding hydrogens is 217 g/mol. The van der Waals surface area contributed by atoms with Gasteiger partial charge in [0.25, 0.3) is 0 Å². The van der Waals surface area contributed by atoms with Crippen LogP contribution in [0.5, 0.6) is 0 Å². The minimum Gasteiger partial charge on any atom is -0.351 e. The van der Waals surface area contributed by atoms with E-state index in [1.165, 1.54) is 23.9 Å². The molecule has 0 saturated carbocycles. The normalized spacial score (nSPS) is 10.5. The number of nitrogen functional groups attached to an aromatic ring is 1.